The molecule has 1 fully saturated rings. The van der Waals surface area contributed by atoms with E-state index in [4.69, 9.17) is 18.0 Å². The van der Waals surface area contributed by atoms with Gasteiger partial charge in [0.2, 0.25) is 5.95 Å². The van der Waals surface area contributed by atoms with Gasteiger partial charge < -0.3 is 10.6 Å². The predicted octanol–water partition coefficient (Wildman–Crippen LogP) is 1.07. The van der Waals surface area contributed by atoms with Gasteiger partial charge in [-0.05, 0) is 20.3 Å². The van der Waals surface area contributed by atoms with E-state index in [1.165, 1.54) is 0 Å². The first-order chi connectivity index (χ1) is 10.0. The number of rotatable bonds is 5. The number of nitrogens with zero attached hydrogens (tertiary/aromatic N) is 5. The van der Waals surface area contributed by atoms with Crippen LogP contribution in [0.2, 0.25) is 0 Å². The van der Waals surface area contributed by atoms with Gasteiger partial charge in [0.25, 0.3) is 0 Å². The van der Waals surface area contributed by atoms with Gasteiger partial charge in [0, 0.05) is 26.2 Å². The van der Waals surface area contributed by atoms with Crippen LogP contribution < -0.4 is 10.6 Å². The zero-order valence-corrected chi connectivity index (χ0v) is 13.9. The molecule has 1 aromatic rings. The van der Waals surface area contributed by atoms with E-state index in [2.05, 4.69) is 31.9 Å². The number of aromatic nitrogens is 3. The van der Waals surface area contributed by atoms with E-state index >= 15 is 0 Å². The maximum Gasteiger partial charge on any atom is 0.245 e. The van der Waals surface area contributed by atoms with Crippen LogP contribution in [0.1, 0.15) is 31.2 Å². The number of nitrogens with two attached hydrogens (primary N) is 1. The number of hydrogen-bond donors (Lipinski definition) is 1. The maximum atomic E-state index is 5.88. The van der Waals surface area contributed by atoms with E-state index in [0.29, 0.717) is 4.99 Å². The minimum absolute atomic E-state index is 0.214. The molecule has 1 aromatic heterocycles. The molecule has 0 radical (unpaired) electrons. The fourth-order valence-corrected chi connectivity index (χ4v) is 2.86. The quantitative estimate of drug-likeness (QED) is 0.816. The minimum Gasteiger partial charge on any atom is -0.392 e. The van der Waals surface area contributed by atoms with Gasteiger partial charge in [-0.2, -0.15) is 5.10 Å². The molecule has 0 spiro atoms. The molecule has 0 aliphatic carbocycles. The van der Waals surface area contributed by atoms with Gasteiger partial charge in [0.1, 0.15) is 0 Å². The largest absolute Gasteiger partial charge is 0.392 e. The van der Waals surface area contributed by atoms with Crippen LogP contribution in [0.25, 0.3) is 0 Å². The third-order valence-corrected chi connectivity index (χ3v) is 4.28. The first-order valence-electron chi connectivity index (χ1n) is 7.49. The van der Waals surface area contributed by atoms with Crippen LogP contribution in [0.15, 0.2) is 0 Å². The fraction of sp³-hybridized carbons (Fsp3) is 0.714. The van der Waals surface area contributed by atoms with E-state index in [1.54, 1.807) is 0 Å². The second-order valence-corrected chi connectivity index (χ2v) is 5.98. The molecule has 1 aliphatic heterocycles. The third kappa shape index (κ3) is 3.85. The number of piperazine rings is 1. The summed E-state index contributed by atoms with van der Waals surface area (Å²) >= 11 is 5.21. The van der Waals surface area contributed by atoms with Gasteiger partial charge in [-0.3, -0.25) is 4.90 Å². The van der Waals surface area contributed by atoms with Crippen LogP contribution in [-0.4, -0.2) is 57.3 Å². The van der Waals surface area contributed by atoms with Crippen molar-refractivity contribution in [3.63, 3.8) is 0 Å². The Morgan fingerprint density at radius 2 is 1.86 bits per heavy atom. The molecule has 0 amide bonds. The summed E-state index contributed by atoms with van der Waals surface area (Å²) in [5.41, 5.74) is 7.70. The van der Waals surface area contributed by atoms with Crippen molar-refractivity contribution in [1.29, 1.82) is 0 Å². The van der Waals surface area contributed by atoms with Gasteiger partial charge in [-0.15, -0.1) is 5.10 Å². The highest BCUT2D eigenvalue weighted by Gasteiger charge is 2.26. The molecule has 116 valence electrons. The predicted molar refractivity (Wildman–Crippen MR) is 88.6 cm³/mol. The van der Waals surface area contributed by atoms with E-state index in [9.17, 15) is 0 Å². The lowest BCUT2D eigenvalue weighted by Gasteiger charge is -2.38. The molecule has 1 saturated heterocycles. The summed E-state index contributed by atoms with van der Waals surface area (Å²) in [7, 11) is 0. The number of hydrogen-bond acceptors (Lipinski definition) is 6. The zero-order valence-electron chi connectivity index (χ0n) is 13.0. The van der Waals surface area contributed by atoms with Gasteiger partial charge >= 0.3 is 0 Å². The van der Waals surface area contributed by atoms with Crippen molar-refractivity contribution in [2.45, 2.75) is 39.7 Å². The smallest absolute Gasteiger partial charge is 0.245 e. The Morgan fingerprint density at radius 1 is 1.19 bits per heavy atom. The summed E-state index contributed by atoms with van der Waals surface area (Å²) in [6.45, 7) is 9.68. The lowest BCUT2D eigenvalue weighted by molar-refractivity contribution is 0.218. The Hall–Kier alpha value is -1.34. The molecule has 0 saturated carbocycles. The lowest BCUT2D eigenvalue weighted by Crippen LogP contribution is -2.54. The molecular formula is C14H24N6S. The lowest BCUT2D eigenvalue weighted by atomic mass is 10.1. The Morgan fingerprint density at radius 3 is 2.38 bits per heavy atom. The maximum absolute atomic E-state index is 5.88. The molecule has 1 atom stereocenters. The van der Waals surface area contributed by atoms with Crippen LogP contribution in [0.4, 0.5) is 5.95 Å². The average Bonchev–Trinajstić information content (AvgIpc) is 2.47. The van der Waals surface area contributed by atoms with Gasteiger partial charge in [0.15, 0.2) is 0 Å². The zero-order chi connectivity index (χ0) is 15.4. The molecule has 21 heavy (non-hydrogen) atoms. The number of anilines is 1. The van der Waals surface area contributed by atoms with Crippen molar-refractivity contribution in [2.75, 3.05) is 31.1 Å². The van der Waals surface area contributed by atoms with Crippen molar-refractivity contribution >= 4 is 23.2 Å². The Bertz CT molecular complexity index is 498. The molecular weight excluding hydrogens is 284 g/mol. The topological polar surface area (TPSA) is 71.2 Å². The second-order valence-electron chi connectivity index (χ2n) is 5.51. The Kier molecular flexibility index (Phi) is 5.41. The molecule has 2 N–H and O–H groups in total. The third-order valence-electron chi connectivity index (χ3n) is 4.01. The summed E-state index contributed by atoms with van der Waals surface area (Å²) in [5.74, 6) is 0.722. The average molecular weight is 308 g/mol. The highest BCUT2D eigenvalue weighted by Crippen LogP contribution is 2.15. The van der Waals surface area contributed by atoms with Crippen molar-refractivity contribution < 1.29 is 0 Å². The summed E-state index contributed by atoms with van der Waals surface area (Å²) in [6.07, 6.45) is 2.11. The molecule has 0 aromatic carbocycles. The van der Waals surface area contributed by atoms with Crippen molar-refractivity contribution in [3.05, 3.63) is 11.4 Å². The molecule has 2 rings (SSSR count). The summed E-state index contributed by atoms with van der Waals surface area (Å²) in [6, 6.07) is 0.214. The standard InChI is InChI=1S/C14H24N6S/c1-4-5-12(13(15)21)19-6-8-20(9-7-19)14-16-10(2)11(3)17-18-14/h12H,4-9H2,1-3H3,(H2,15,21). The summed E-state index contributed by atoms with van der Waals surface area (Å²) in [5, 5.41) is 8.36. The molecule has 6 nitrogen and oxygen atoms in total. The second kappa shape index (κ2) is 7.09. The molecule has 1 unspecified atom stereocenters. The minimum atomic E-state index is 0.214. The van der Waals surface area contributed by atoms with Gasteiger partial charge in [0.05, 0.1) is 22.4 Å². The summed E-state index contributed by atoms with van der Waals surface area (Å²) in [4.78, 5) is 9.68. The van der Waals surface area contributed by atoms with Crippen LogP contribution >= 0.6 is 12.2 Å². The van der Waals surface area contributed by atoms with Crippen molar-refractivity contribution in [3.8, 4) is 0 Å². The molecule has 1 aliphatic rings. The van der Waals surface area contributed by atoms with Crippen LogP contribution in [0.5, 0.6) is 0 Å². The van der Waals surface area contributed by atoms with E-state index in [0.717, 1.165) is 56.4 Å². The Balaban J connectivity index is 1.99. The van der Waals surface area contributed by atoms with Crippen molar-refractivity contribution in [2.24, 2.45) is 5.73 Å². The van der Waals surface area contributed by atoms with Crippen LogP contribution in [-0.2, 0) is 0 Å². The highest BCUT2D eigenvalue weighted by molar-refractivity contribution is 7.80. The number of thiocarbonyl (C=S) groups is 1. The van der Waals surface area contributed by atoms with E-state index < -0.39 is 0 Å². The van der Waals surface area contributed by atoms with Crippen LogP contribution in [0, 0.1) is 13.8 Å². The first-order valence-corrected chi connectivity index (χ1v) is 7.90. The summed E-state index contributed by atoms with van der Waals surface area (Å²) < 4.78 is 0. The SMILES string of the molecule is CCCC(C(N)=S)N1CCN(c2nnc(C)c(C)n2)CC1. The molecule has 0 bridgehead atoms. The monoisotopic (exact) mass is 308 g/mol. The molecule has 7 heteroatoms. The van der Waals surface area contributed by atoms with E-state index in [-0.39, 0.29) is 6.04 Å². The van der Waals surface area contributed by atoms with Gasteiger partial charge in [-0.25, -0.2) is 4.98 Å². The molecule has 2 heterocycles. The first kappa shape index (κ1) is 16.0. The highest BCUT2D eigenvalue weighted by atomic mass is 32.1. The number of aryl methyl sites for hydroxylation is 2. The van der Waals surface area contributed by atoms with Crippen molar-refractivity contribution in [1.82, 2.24) is 20.1 Å². The van der Waals surface area contributed by atoms with Gasteiger partial charge in [-0.1, -0.05) is 25.6 Å². The fourth-order valence-electron chi connectivity index (χ4n) is 2.59. The van der Waals surface area contributed by atoms with E-state index in [1.807, 2.05) is 13.8 Å². The normalized spacial score (nSPS) is 17.8. The Labute approximate surface area is 131 Å². The van der Waals surface area contributed by atoms with Crippen LogP contribution in [0.3, 0.4) is 0 Å².